The second-order valence-corrected chi connectivity index (χ2v) is 5.59. The van der Waals surface area contributed by atoms with Crippen molar-refractivity contribution in [3.05, 3.63) is 22.8 Å². The monoisotopic (exact) mass is 277 g/mol. The number of rotatable bonds is 2. The van der Waals surface area contributed by atoms with Crippen LogP contribution in [0.5, 0.6) is 0 Å². The van der Waals surface area contributed by atoms with Crippen molar-refractivity contribution in [2.45, 2.75) is 37.8 Å². The van der Waals surface area contributed by atoms with Gasteiger partial charge in [-0.2, -0.15) is 5.26 Å². The van der Waals surface area contributed by atoms with E-state index in [9.17, 15) is 0 Å². The molecule has 5 heteroatoms. The molecule has 2 heterocycles. The third-order valence-corrected chi connectivity index (χ3v) is 4.37. The van der Waals surface area contributed by atoms with Gasteiger partial charge >= 0.3 is 0 Å². The van der Waals surface area contributed by atoms with Crippen molar-refractivity contribution in [3.63, 3.8) is 0 Å². The lowest BCUT2D eigenvalue weighted by Crippen LogP contribution is -2.38. The van der Waals surface area contributed by atoms with Crippen LogP contribution in [-0.2, 0) is 4.74 Å². The van der Waals surface area contributed by atoms with Gasteiger partial charge in [-0.05, 0) is 37.8 Å². The maximum Gasteiger partial charge on any atom is 0.161 e. The van der Waals surface area contributed by atoms with E-state index in [0.717, 1.165) is 25.3 Å². The molecule has 1 saturated carbocycles. The average Bonchev–Trinajstić information content (AvgIpc) is 2.90. The van der Waals surface area contributed by atoms with E-state index in [2.05, 4.69) is 10.3 Å². The molecule has 4 nitrogen and oxygen atoms in total. The predicted octanol–water partition coefficient (Wildman–Crippen LogP) is 2.98. The molecule has 1 aliphatic heterocycles. The Morgan fingerprint density at radius 1 is 1.37 bits per heavy atom. The second-order valence-electron chi connectivity index (χ2n) is 5.18. The molecule has 0 aromatic carbocycles. The fourth-order valence-electron chi connectivity index (χ4n) is 3.15. The maximum absolute atomic E-state index is 8.95. The molecule has 3 rings (SSSR count). The molecule has 1 aromatic rings. The number of nitrogens with one attached hydrogen (secondary N) is 1. The Kier molecular flexibility index (Phi) is 3.58. The van der Waals surface area contributed by atoms with Crippen LogP contribution in [0.1, 0.15) is 31.4 Å². The van der Waals surface area contributed by atoms with Crippen molar-refractivity contribution in [2.24, 2.45) is 5.92 Å². The standard InChI is InChI=1S/C14H16ClN3O/c15-10-4-5-14(18-12(10)8-16)17-11-2-1-3-13-9(11)6-7-19-13/h4-5,9,11,13H,1-3,6-7H2,(H,17,18)/t9-,11+,13+/m0/s1. The zero-order valence-electron chi connectivity index (χ0n) is 10.6. The first-order valence-corrected chi connectivity index (χ1v) is 7.10. The number of fused-ring (bicyclic) bond motifs is 1. The highest BCUT2D eigenvalue weighted by atomic mass is 35.5. The summed E-state index contributed by atoms with van der Waals surface area (Å²) in [5, 5.41) is 12.8. The van der Waals surface area contributed by atoms with E-state index in [1.807, 2.05) is 12.1 Å². The molecule has 0 spiro atoms. The van der Waals surface area contributed by atoms with Crippen molar-refractivity contribution < 1.29 is 4.74 Å². The van der Waals surface area contributed by atoms with Gasteiger partial charge in [0.2, 0.25) is 0 Å². The molecule has 19 heavy (non-hydrogen) atoms. The number of ether oxygens (including phenoxy) is 1. The van der Waals surface area contributed by atoms with E-state index in [1.54, 1.807) is 6.07 Å². The van der Waals surface area contributed by atoms with Crippen LogP contribution in [0.4, 0.5) is 5.82 Å². The first-order valence-electron chi connectivity index (χ1n) is 6.72. The highest BCUT2D eigenvalue weighted by Crippen LogP contribution is 2.35. The fraction of sp³-hybridized carbons (Fsp3) is 0.571. The summed E-state index contributed by atoms with van der Waals surface area (Å²) >= 11 is 5.90. The van der Waals surface area contributed by atoms with Gasteiger partial charge in [-0.25, -0.2) is 4.98 Å². The van der Waals surface area contributed by atoms with Crippen LogP contribution in [0.3, 0.4) is 0 Å². The van der Waals surface area contributed by atoms with Gasteiger partial charge in [0, 0.05) is 18.6 Å². The molecule has 0 bridgehead atoms. The summed E-state index contributed by atoms with van der Waals surface area (Å²) < 4.78 is 5.75. The Labute approximate surface area is 117 Å². The van der Waals surface area contributed by atoms with Gasteiger partial charge in [0.1, 0.15) is 11.9 Å². The van der Waals surface area contributed by atoms with Gasteiger partial charge in [0.15, 0.2) is 5.69 Å². The summed E-state index contributed by atoms with van der Waals surface area (Å²) in [6.07, 6.45) is 4.99. The molecule has 2 aliphatic rings. The molecule has 0 unspecified atom stereocenters. The van der Waals surface area contributed by atoms with E-state index in [0.29, 0.717) is 23.1 Å². The zero-order valence-corrected chi connectivity index (χ0v) is 11.4. The topological polar surface area (TPSA) is 57.9 Å². The van der Waals surface area contributed by atoms with Crippen molar-refractivity contribution >= 4 is 17.4 Å². The van der Waals surface area contributed by atoms with Gasteiger partial charge in [0.05, 0.1) is 11.1 Å². The number of hydrogen-bond acceptors (Lipinski definition) is 4. The van der Waals surface area contributed by atoms with E-state index in [4.69, 9.17) is 21.6 Å². The largest absolute Gasteiger partial charge is 0.378 e. The number of nitriles is 1. The van der Waals surface area contributed by atoms with Crippen molar-refractivity contribution in [2.75, 3.05) is 11.9 Å². The third kappa shape index (κ3) is 2.54. The quantitative estimate of drug-likeness (QED) is 0.903. The van der Waals surface area contributed by atoms with E-state index < -0.39 is 0 Å². The summed E-state index contributed by atoms with van der Waals surface area (Å²) in [5.41, 5.74) is 0.279. The summed E-state index contributed by atoms with van der Waals surface area (Å²) in [5.74, 6) is 1.30. The van der Waals surface area contributed by atoms with Crippen LogP contribution in [0.15, 0.2) is 12.1 Å². The van der Waals surface area contributed by atoms with Crippen molar-refractivity contribution in [1.82, 2.24) is 4.98 Å². The SMILES string of the molecule is N#Cc1nc(N[C@@H]2CCC[C@H]3OCC[C@@H]23)ccc1Cl. The Bertz CT molecular complexity index is 514. The summed E-state index contributed by atoms with van der Waals surface area (Å²) in [4.78, 5) is 4.25. The first kappa shape index (κ1) is 12.7. The van der Waals surface area contributed by atoms with Crippen LogP contribution >= 0.6 is 11.6 Å². The van der Waals surface area contributed by atoms with Gasteiger partial charge < -0.3 is 10.1 Å². The first-order chi connectivity index (χ1) is 9.28. The minimum Gasteiger partial charge on any atom is -0.378 e. The molecular weight excluding hydrogens is 262 g/mol. The van der Waals surface area contributed by atoms with Gasteiger partial charge in [0.25, 0.3) is 0 Å². The highest BCUT2D eigenvalue weighted by Gasteiger charge is 2.37. The molecule has 0 radical (unpaired) electrons. The molecule has 1 aromatic heterocycles. The smallest absolute Gasteiger partial charge is 0.161 e. The number of anilines is 1. The van der Waals surface area contributed by atoms with Gasteiger partial charge in [-0.3, -0.25) is 0 Å². The molecule has 2 fully saturated rings. The minimum atomic E-state index is 0.279. The lowest BCUT2D eigenvalue weighted by molar-refractivity contribution is 0.0619. The lowest BCUT2D eigenvalue weighted by atomic mass is 9.82. The Morgan fingerprint density at radius 2 is 2.26 bits per heavy atom. The van der Waals surface area contributed by atoms with E-state index in [1.165, 1.54) is 12.8 Å². The molecule has 1 aliphatic carbocycles. The Morgan fingerprint density at radius 3 is 3.11 bits per heavy atom. The molecule has 1 N–H and O–H groups in total. The highest BCUT2D eigenvalue weighted by molar-refractivity contribution is 6.31. The molecular formula is C14H16ClN3O. The molecule has 3 atom stereocenters. The molecule has 100 valence electrons. The Hall–Kier alpha value is -1.31. The lowest BCUT2D eigenvalue weighted by Gasteiger charge is -2.33. The molecule has 1 saturated heterocycles. The normalized spacial score (nSPS) is 29.6. The van der Waals surface area contributed by atoms with E-state index >= 15 is 0 Å². The van der Waals surface area contributed by atoms with Gasteiger partial charge in [-0.15, -0.1) is 0 Å². The minimum absolute atomic E-state index is 0.279. The van der Waals surface area contributed by atoms with Crippen LogP contribution in [0.2, 0.25) is 5.02 Å². The van der Waals surface area contributed by atoms with Crippen molar-refractivity contribution in [3.8, 4) is 6.07 Å². The number of halogens is 1. The summed E-state index contributed by atoms with van der Waals surface area (Å²) in [6.45, 7) is 0.866. The van der Waals surface area contributed by atoms with Crippen molar-refractivity contribution in [1.29, 1.82) is 5.26 Å². The maximum atomic E-state index is 8.95. The third-order valence-electron chi connectivity index (χ3n) is 4.07. The number of hydrogen-bond donors (Lipinski definition) is 1. The second kappa shape index (κ2) is 5.36. The summed E-state index contributed by atoms with van der Waals surface area (Å²) in [6, 6.07) is 5.96. The van der Waals surface area contributed by atoms with E-state index in [-0.39, 0.29) is 5.69 Å². The number of aromatic nitrogens is 1. The van der Waals surface area contributed by atoms with Crippen LogP contribution in [-0.4, -0.2) is 23.7 Å². The summed E-state index contributed by atoms with van der Waals surface area (Å²) in [7, 11) is 0. The van der Waals surface area contributed by atoms with Crippen LogP contribution < -0.4 is 5.32 Å². The Balaban J connectivity index is 1.75. The molecule has 0 amide bonds. The van der Waals surface area contributed by atoms with Gasteiger partial charge in [-0.1, -0.05) is 11.6 Å². The number of pyridine rings is 1. The predicted molar refractivity (Wildman–Crippen MR) is 73.1 cm³/mol. The number of nitrogens with zero attached hydrogens (tertiary/aromatic N) is 2. The fourth-order valence-corrected chi connectivity index (χ4v) is 3.29. The van der Waals surface area contributed by atoms with Crippen LogP contribution in [0.25, 0.3) is 0 Å². The zero-order chi connectivity index (χ0) is 13.2. The van der Waals surface area contributed by atoms with Crippen LogP contribution in [0, 0.1) is 17.2 Å². The average molecular weight is 278 g/mol.